The van der Waals surface area contributed by atoms with Crippen LogP contribution in [0.15, 0.2) is 22.7 Å². The summed E-state index contributed by atoms with van der Waals surface area (Å²) in [4.78, 5) is 31.2. The molecular weight excluding hydrogens is 441 g/mol. The highest BCUT2D eigenvalue weighted by molar-refractivity contribution is 5.99. The van der Waals surface area contributed by atoms with E-state index >= 15 is 0 Å². The first kappa shape index (κ1) is 21.9. The molecule has 11 heteroatoms. The Bertz CT molecular complexity index is 1100. The van der Waals surface area contributed by atoms with E-state index in [4.69, 9.17) is 4.74 Å². The van der Waals surface area contributed by atoms with Crippen molar-refractivity contribution in [2.24, 2.45) is 5.41 Å². The molecule has 1 aliphatic carbocycles. The number of carbonyl (C=O) groups excluding carboxylic acids is 2. The Labute approximate surface area is 187 Å². The Kier molecular flexibility index (Phi) is 5.19. The van der Waals surface area contributed by atoms with Crippen molar-refractivity contribution in [2.75, 3.05) is 13.2 Å². The van der Waals surface area contributed by atoms with Gasteiger partial charge in [-0.05, 0) is 31.4 Å². The molecule has 1 aromatic heterocycles. The number of carbonyl (C=O) groups is 2. The van der Waals surface area contributed by atoms with Gasteiger partial charge in [-0.25, -0.2) is 0 Å². The van der Waals surface area contributed by atoms with Gasteiger partial charge < -0.3 is 19.5 Å². The number of nitrogens with zero attached hydrogens (tertiary/aromatic N) is 3. The molecule has 3 aliphatic rings. The van der Waals surface area contributed by atoms with Crippen molar-refractivity contribution >= 4 is 11.8 Å². The van der Waals surface area contributed by atoms with Crippen molar-refractivity contribution in [2.45, 2.75) is 57.4 Å². The summed E-state index contributed by atoms with van der Waals surface area (Å²) >= 11 is 0. The summed E-state index contributed by atoms with van der Waals surface area (Å²) in [5.74, 6) is -1.93. The lowest BCUT2D eigenvalue weighted by Crippen LogP contribution is -2.59. The molecule has 0 spiro atoms. The van der Waals surface area contributed by atoms with Crippen LogP contribution in [-0.4, -0.2) is 52.2 Å². The molecule has 3 heterocycles. The molecule has 0 bridgehead atoms. The molecule has 2 fully saturated rings. The summed E-state index contributed by atoms with van der Waals surface area (Å²) in [6.45, 7) is 3.02. The quantitative estimate of drug-likeness (QED) is 0.747. The summed E-state index contributed by atoms with van der Waals surface area (Å²) < 4.78 is 47.9. The predicted octanol–water partition coefficient (Wildman–Crippen LogP) is 3.18. The van der Waals surface area contributed by atoms with Crippen molar-refractivity contribution in [3.05, 3.63) is 35.2 Å². The molecule has 1 aromatic carbocycles. The standard InChI is InChI=1S/C22H23F3N4O4/c1-21(10-32-11-21)19(31)26-15-4-2-3-5-16(15)29-9-13-7-6-12(8-14(13)18(29)30)17-27-20(33-28-17)22(23,24)25/h6-8,15-16H,2-5,9-11H2,1H3,(H,26,31). The summed E-state index contributed by atoms with van der Waals surface area (Å²) in [6.07, 6.45) is -1.27. The monoisotopic (exact) mass is 464 g/mol. The van der Waals surface area contributed by atoms with Gasteiger partial charge >= 0.3 is 12.1 Å². The van der Waals surface area contributed by atoms with E-state index in [-0.39, 0.29) is 35.3 Å². The molecule has 0 radical (unpaired) electrons. The summed E-state index contributed by atoms with van der Waals surface area (Å²) in [7, 11) is 0. The second-order valence-corrected chi connectivity index (χ2v) is 9.21. The zero-order valence-electron chi connectivity index (χ0n) is 17.9. The number of halogens is 3. The van der Waals surface area contributed by atoms with Gasteiger partial charge in [0.05, 0.1) is 24.7 Å². The fraction of sp³-hybridized carbons (Fsp3) is 0.545. The maximum Gasteiger partial charge on any atom is 0.471 e. The third kappa shape index (κ3) is 3.88. The number of benzene rings is 1. The van der Waals surface area contributed by atoms with Gasteiger partial charge in [0.2, 0.25) is 11.7 Å². The minimum atomic E-state index is -4.74. The van der Waals surface area contributed by atoms with Gasteiger partial charge in [-0.2, -0.15) is 18.2 Å². The minimum absolute atomic E-state index is 0.0605. The Morgan fingerprint density at radius 1 is 1.24 bits per heavy atom. The smallest absolute Gasteiger partial charge is 0.379 e. The van der Waals surface area contributed by atoms with Crippen LogP contribution in [0, 0.1) is 5.41 Å². The van der Waals surface area contributed by atoms with Crippen molar-refractivity contribution in [3.8, 4) is 11.4 Å². The van der Waals surface area contributed by atoms with Crippen LogP contribution in [0.4, 0.5) is 13.2 Å². The van der Waals surface area contributed by atoms with E-state index in [2.05, 4.69) is 20.0 Å². The van der Waals surface area contributed by atoms with Gasteiger partial charge in [-0.15, -0.1) is 0 Å². The number of nitrogens with one attached hydrogen (secondary N) is 1. The number of aromatic nitrogens is 2. The lowest BCUT2D eigenvalue weighted by molar-refractivity contribution is -0.159. The van der Waals surface area contributed by atoms with E-state index in [0.717, 1.165) is 31.2 Å². The topological polar surface area (TPSA) is 97.6 Å². The van der Waals surface area contributed by atoms with Crippen molar-refractivity contribution in [1.29, 1.82) is 0 Å². The van der Waals surface area contributed by atoms with Gasteiger partial charge in [0, 0.05) is 23.7 Å². The molecule has 1 saturated carbocycles. The fourth-order valence-corrected chi connectivity index (χ4v) is 4.72. The Hall–Kier alpha value is -2.95. The van der Waals surface area contributed by atoms with Gasteiger partial charge in [0.15, 0.2) is 0 Å². The average molecular weight is 464 g/mol. The largest absolute Gasteiger partial charge is 0.471 e. The second-order valence-electron chi connectivity index (χ2n) is 9.21. The van der Waals surface area contributed by atoms with Crippen LogP contribution in [0.2, 0.25) is 0 Å². The highest BCUT2D eigenvalue weighted by Gasteiger charge is 2.45. The zero-order valence-corrected chi connectivity index (χ0v) is 17.9. The first-order valence-corrected chi connectivity index (χ1v) is 10.9. The number of hydrogen-bond donors (Lipinski definition) is 1. The lowest BCUT2D eigenvalue weighted by atomic mass is 9.84. The summed E-state index contributed by atoms with van der Waals surface area (Å²) in [5, 5.41) is 6.54. The Morgan fingerprint density at radius 3 is 2.67 bits per heavy atom. The number of fused-ring (bicyclic) bond motifs is 1. The molecular formula is C22H23F3N4O4. The van der Waals surface area contributed by atoms with Crippen LogP contribution in [0.1, 0.15) is 54.4 Å². The molecule has 5 rings (SSSR count). The molecule has 2 amide bonds. The maximum absolute atomic E-state index is 13.3. The second kappa shape index (κ2) is 7.82. The number of alkyl halides is 3. The van der Waals surface area contributed by atoms with E-state index in [1.807, 2.05) is 6.92 Å². The SMILES string of the molecule is CC1(C(=O)NC2CCCCC2N2Cc3ccc(-c4noc(C(F)(F)F)n4)cc3C2=O)COC1. The van der Waals surface area contributed by atoms with Crippen molar-refractivity contribution in [1.82, 2.24) is 20.4 Å². The van der Waals surface area contributed by atoms with E-state index in [0.29, 0.717) is 25.3 Å². The van der Waals surface area contributed by atoms with Crippen LogP contribution in [-0.2, 0) is 22.3 Å². The normalized spacial score (nSPS) is 24.4. The number of hydrogen-bond acceptors (Lipinski definition) is 6. The number of rotatable bonds is 4. The first-order valence-electron chi connectivity index (χ1n) is 10.9. The van der Waals surface area contributed by atoms with E-state index in [1.165, 1.54) is 6.07 Å². The zero-order chi connectivity index (χ0) is 23.4. The molecule has 2 unspecified atom stereocenters. The van der Waals surface area contributed by atoms with Crippen LogP contribution in [0.25, 0.3) is 11.4 Å². The number of amides is 2. The predicted molar refractivity (Wildman–Crippen MR) is 108 cm³/mol. The maximum atomic E-state index is 13.3. The highest BCUT2D eigenvalue weighted by Crippen LogP contribution is 2.35. The highest BCUT2D eigenvalue weighted by atomic mass is 19.4. The lowest BCUT2D eigenvalue weighted by Gasteiger charge is -2.42. The van der Waals surface area contributed by atoms with Crippen LogP contribution in [0.3, 0.4) is 0 Å². The summed E-state index contributed by atoms with van der Waals surface area (Å²) in [6, 6.07) is 4.48. The molecule has 1 saturated heterocycles. The van der Waals surface area contributed by atoms with E-state index < -0.39 is 17.5 Å². The molecule has 1 N–H and O–H groups in total. The third-order valence-electron chi connectivity index (χ3n) is 6.70. The molecule has 2 aliphatic heterocycles. The van der Waals surface area contributed by atoms with Gasteiger partial charge in [0.1, 0.15) is 0 Å². The third-order valence-corrected chi connectivity index (χ3v) is 6.70. The minimum Gasteiger partial charge on any atom is -0.379 e. The average Bonchev–Trinajstić information content (AvgIpc) is 3.38. The van der Waals surface area contributed by atoms with Crippen molar-refractivity contribution < 1.29 is 32.0 Å². The number of ether oxygens (including phenoxy) is 1. The van der Waals surface area contributed by atoms with Gasteiger partial charge in [-0.1, -0.05) is 30.1 Å². The van der Waals surface area contributed by atoms with Crippen LogP contribution < -0.4 is 5.32 Å². The summed E-state index contributed by atoms with van der Waals surface area (Å²) in [5.41, 5.74) is 0.920. The molecule has 2 atom stereocenters. The Balaban J connectivity index is 1.35. The molecule has 33 heavy (non-hydrogen) atoms. The van der Waals surface area contributed by atoms with Gasteiger partial charge in [-0.3, -0.25) is 9.59 Å². The van der Waals surface area contributed by atoms with Gasteiger partial charge in [0.25, 0.3) is 5.91 Å². The van der Waals surface area contributed by atoms with E-state index in [1.54, 1.807) is 17.0 Å². The van der Waals surface area contributed by atoms with Crippen LogP contribution in [0.5, 0.6) is 0 Å². The molecule has 176 valence electrons. The molecule has 8 nitrogen and oxygen atoms in total. The van der Waals surface area contributed by atoms with Crippen molar-refractivity contribution in [3.63, 3.8) is 0 Å². The first-order chi connectivity index (χ1) is 15.7. The molecule has 2 aromatic rings. The fourth-order valence-electron chi connectivity index (χ4n) is 4.72. The van der Waals surface area contributed by atoms with Crippen LogP contribution >= 0.6 is 0 Å². The van der Waals surface area contributed by atoms with E-state index in [9.17, 15) is 22.8 Å². The Morgan fingerprint density at radius 2 is 2.00 bits per heavy atom.